The third-order valence-electron chi connectivity index (χ3n) is 1.35. The van der Waals surface area contributed by atoms with E-state index in [2.05, 4.69) is 4.74 Å². The second kappa shape index (κ2) is 4.63. The van der Waals surface area contributed by atoms with Gasteiger partial charge in [0.25, 0.3) is 0 Å². The molecule has 0 aromatic rings. The molecule has 1 atom stereocenters. The lowest BCUT2D eigenvalue weighted by Crippen LogP contribution is -2.25. The summed E-state index contributed by atoms with van der Waals surface area (Å²) in [5.41, 5.74) is 4.02. The van der Waals surface area contributed by atoms with Gasteiger partial charge in [0.05, 0.1) is 6.61 Å². The molecule has 0 saturated carbocycles. The van der Waals surface area contributed by atoms with Crippen LogP contribution in [0.25, 0.3) is 0 Å². The largest absolute Gasteiger partial charge is 0.381 e. The molecule has 0 spiro atoms. The van der Waals surface area contributed by atoms with Crippen molar-refractivity contribution < 1.29 is 9.13 Å². The van der Waals surface area contributed by atoms with E-state index in [1.54, 1.807) is 0 Å². The molecule has 0 amide bonds. The standard InChI is InChI=1S/C7H16FNO/c1-7(8,6-10-2)4-3-5-9/h3-6,9H2,1-2H3. The van der Waals surface area contributed by atoms with Crippen molar-refractivity contribution in [2.24, 2.45) is 5.73 Å². The Kier molecular flexibility index (Phi) is 4.56. The van der Waals surface area contributed by atoms with Crippen molar-refractivity contribution in [2.45, 2.75) is 25.4 Å². The van der Waals surface area contributed by atoms with E-state index in [1.165, 1.54) is 14.0 Å². The molecule has 3 heteroatoms. The van der Waals surface area contributed by atoms with E-state index in [-0.39, 0.29) is 6.61 Å². The third kappa shape index (κ3) is 4.70. The lowest BCUT2D eigenvalue weighted by Gasteiger charge is -2.18. The molecule has 0 aliphatic rings. The first-order valence-corrected chi connectivity index (χ1v) is 3.50. The minimum absolute atomic E-state index is 0.160. The first kappa shape index (κ1) is 9.85. The summed E-state index contributed by atoms with van der Waals surface area (Å²) in [5, 5.41) is 0. The summed E-state index contributed by atoms with van der Waals surface area (Å²) in [6, 6.07) is 0. The Morgan fingerprint density at radius 2 is 2.20 bits per heavy atom. The summed E-state index contributed by atoms with van der Waals surface area (Å²) in [6.07, 6.45) is 1.20. The number of methoxy groups -OCH3 is 1. The molecule has 0 saturated heterocycles. The van der Waals surface area contributed by atoms with Crippen molar-refractivity contribution in [1.29, 1.82) is 0 Å². The molecule has 62 valence electrons. The van der Waals surface area contributed by atoms with Gasteiger partial charge in [-0.05, 0) is 26.3 Å². The fraction of sp³-hybridized carbons (Fsp3) is 1.00. The first-order chi connectivity index (χ1) is 4.62. The van der Waals surface area contributed by atoms with E-state index in [0.717, 1.165) is 6.42 Å². The van der Waals surface area contributed by atoms with Crippen LogP contribution in [0.5, 0.6) is 0 Å². The predicted molar refractivity (Wildman–Crippen MR) is 39.7 cm³/mol. The molecule has 0 aromatic carbocycles. The highest BCUT2D eigenvalue weighted by molar-refractivity contribution is 4.71. The minimum Gasteiger partial charge on any atom is -0.381 e. The summed E-state index contributed by atoms with van der Waals surface area (Å²) in [6.45, 7) is 2.24. The number of rotatable bonds is 5. The van der Waals surface area contributed by atoms with Gasteiger partial charge in [0.15, 0.2) is 0 Å². The number of halogens is 1. The normalized spacial score (nSPS) is 16.8. The van der Waals surface area contributed by atoms with Crippen molar-refractivity contribution in [3.63, 3.8) is 0 Å². The van der Waals surface area contributed by atoms with Crippen molar-refractivity contribution >= 4 is 0 Å². The Morgan fingerprint density at radius 3 is 2.60 bits per heavy atom. The van der Waals surface area contributed by atoms with E-state index in [4.69, 9.17) is 5.73 Å². The Morgan fingerprint density at radius 1 is 1.60 bits per heavy atom. The van der Waals surface area contributed by atoms with Crippen LogP contribution in [0.15, 0.2) is 0 Å². The lowest BCUT2D eigenvalue weighted by molar-refractivity contribution is 0.0474. The van der Waals surface area contributed by atoms with E-state index in [1.807, 2.05) is 0 Å². The SMILES string of the molecule is COCC(C)(F)CCCN. The van der Waals surface area contributed by atoms with E-state index >= 15 is 0 Å². The van der Waals surface area contributed by atoms with Crippen LogP contribution in [0, 0.1) is 0 Å². The monoisotopic (exact) mass is 149 g/mol. The highest BCUT2D eigenvalue weighted by Crippen LogP contribution is 2.16. The van der Waals surface area contributed by atoms with Gasteiger partial charge in [-0.1, -0.05) is 0 Å². The van der Waals surface area contributed by atoms with E-state index in [9.17, 15) is 4.39 Å². The molecule has 0 bridgehead atoms. The van der Waals surface area contributed by atoms with Gasteiger partial charge in [-0.15, -0.1) is 0 Å². The number of hydrogen-bond acceptors (Lipinski definition) is 2. The second-order valence-electron chi connectivity index (χ2n) is 2.74. The number of nitrogens with two attached hydrogens (primary N) is 1. The van der Waals surface area contributed by atoms with Crippen LogP contribution in [-0.4, -0.2) is 25.9 Å². The summed E-state index contributed by atoms with van der Waals surface area (Å²) in [4.78, 5) is 0. The van der Waals surface area contributed by atoms with E-state index in [0.29, 0.717) is 13.0 Å². The van der Waals surface area contributed by atoms with Gasteiger partial charge in [-0.25, -0.2) is 4.39 Å². The summed E-state index contributed by atoms with van der Waals surface area (Å²) >= 11 is 0. The molecule has 0 rings (SSSR count). The van der Waals surface area contributed by atoms with Crippen LogP contribution in [0.4, 0.5) is 4.39 Å². The maximum atomic E-state index is 13.1. The predicted octanol–water partition coefficient (Wildman–Crippen LogP) is 1.10. The van der Waals surface area contributed by atoms with Gasteiger partial charge < -0.3 is 10.5 Å². The van der Waals surface area contributed by atoms with E-state index < -0.39 is 5.67 Å². The fourth-order valence-corrected chi connectivity index (χ4v) is 0.844. The maximum absolute atomic E-state index is 13.1. The van der Waals surface area contributed by atoms with Gasteiger partial charge in [-0.3, -0.25) is 0 Å². The third-order valence-corrected chi connectivity index (χ3v) is 1.35. The summed E-state index contributed by atoms with van der Waals surface area (Å²) in [5.74, 6) is 0. The second-order valence-corrected chi connectivity index (χ2v) is 2.74. The molecule has 10 heavy (non-hydrogen) atoms. The Balaban J connectivity index is 3.42. The zero-order valence-electron chi connectivity index (χ0n) is 6.69. The Hall–Kier alpha value is -0.150. The molecule has 0 aromatic heterocycles. The van der Waals surface area contributed by atoms with Crippen LogP contribution in [0.2, 0.25) is 0 Å². The highest BCUT2D eigenvalue weighted by Gasteiger charge is 2.21. The van der Waals surface area contributed by atoms with Crippen LogP contribution >= 0.6 is 0 Å². The van der Waals surface area contributed by atoms with Gasteiger partial charge in [-0.2, -0.15) is 0 Å². The Bertz CT molecular complexity index is 85.7. The molecule has 0 aliphatic carbocycles. The van der Waals surface area contributed by atoms with Gasteiger partial charge in [0.1, 0.15) is 5.67 Å². The number of ether oxygens (including phenoxy) is 1. The zero-order chi connectivity index (χ0) is 8.04. The molecule has 2 N–H and O–H groups in total. The van der Waals surface area contributed by atoms with Gasteiger partial charge in [0, 0.05) is 7.11 Å². The summed E-state index contributed by atoms with van der Waals surface area (Å²) < 4.78 is 17.8. The molecular weight excluding hydrogens is 133 g/mol. The lowest BCUT2D eigenvalue weighted by atomic mass is 10.0. The molecule has 0 heterocycles. The highest BCUT2D eigenvalue weighted by atomic mass is 19.1. The topological polar surface area (TPSA) is 35.2 Å². The first-order valence-electron chi connectivity index (χ1n) is 3.50. The smallest absolute Gasteiger partial charge is 0.131 e. The quantitative estimate of drug-likeness (QED) is 0.635. The van der Waals surface area contributed by atoms with Gasteiger partial charge >= 0.3 is 0 Å². The fourth-order valence-electron chi connectivity index (χ4n) is 0.844. The molecular formula is C7H16FNO. The molecule has 2 nitrogen and oxygen atoms in total. The zero-order valence-corrected chi connectivity index (χ0v) is 6.69. The molecule has 0 fully saturated rings. The average molecular weight is 149 g/mol. The van der Waals surface area contributed by atoms with Crippen molar-refractivity contribution in [2.75, 3.05) is 20.3 Å². The van der Waals surface area contributed by atoms with Crippen LogP contribution in [0.3, 0.4) is 0 Å². The van der Waals surface area contributed by atoms with Gasteiger partial charge in [0.2, 0.25) is 0 Å². The van der Waals surface area contributed by atoms with Crippen molar-refractivity contribution in [1.82, 2.24) is 0 Å². The maximum Gasteiger partial charge on any atom is 0.131 e. The van der Waals surface area contributed by atoms with Crippen molar-refractivity contribution in [3.05, 3.63) is 0 Å². The average Bonchev–Trinajstić information content (AvgIpc) is 1.84. The summed E-state index contributed by atoms with van der Waals surface area (Å²) in [7, 11) is 1.50. The minimum atomic E-state index is -1.20. The molecule has 0 aliphatic heterocycles. The molecule has 0 radical (unpaired) electrons. The van der Waals surface area contributed by atoms with Crippen LogP contribution in [-0.2, 0) is 4.74 Å². The number of hydrogen-bond donors (Lipinski definition) is 1. The van der Waals surface area contributed by atoms with Crippen molar-refractivity contribution in [3.8, 4) is 0 Å². The van der Waals surface area contributed by atoms with Crippen LogP contribution in [0.1, 0.15) is 19.8 Å². The number of alkyl halides is 1. The molecule has 1 unspecified atom stereocenters. The van der Waals surface area contributed by atoms with Crippen LogP contribution < -0.4 is 5.73 Å². The Labute approximate surface area is 61.5 Å².